The molecule has 0 atom stereocenters. The lowest BCUT2D eigenvalue weighted by Gasteiger charge is -2.14. The second kappa shape index (κ2) is 6.97. The number of fused-ring (bicyclic) bond motifs is 2. The zero-order valence-electron chi connectivity index (χ0n) is 15.3. The molecule has 8 heteroatoms. The molecule has 29 heavy (non-hydrogen) atoms. The zero-order chi connectivity index (χ0) is 20.0. The average molecular weight is 450 g/mol. The molecule has 0 aliphatic carbocycles. The number of amides is 1. The largest absolute Gasteiger partial charge is 0.332 e. The summed E-state index contributed by atoms with van der Waals surface area (Å²) in [6.45, 7) is 0.617. The van der Waals surface area contributed by atoms with E-state index >= 15 is 0 Å². The number of aromatic amines is 1. The van der Waals surface area contributed by atoms with E-state index in [9.17, 15) is 9.59 Å². The molecule has 4 heterocycles. The Labute approximate surface area is 174 Å². The summed E-state index contributed by atoms with van der Waals surface area (Å²) in [6.07, 6.45) is 3.62. The van der Waals surface area contributed by atoms with Crippen LogP contribution in [-0.2, 0) is 24.3 Å². The molecule has 1 aliphatic heterocycles. The van der Waals surface area contributed by atoms with Crippen molar-refractivity contribution in [2.45, 2.75) is 19.5 Å². The van der Waals surface area contributed by atoms with Crippen molar-refractivity contribution in [1.82, 2.24) is 24.5 Å². The average Bonchev–Trinajstić information content (AvgIpc) is 3.34. The molecule has 0 saturated heterocycles. The SMILES string of the molecule is O=C(Cc1cccnc1)N1Cc2nc3cc(-c4cccc(Br)c4)[nH]n3c(=O)c2C1. The molecule has 0 spiro atoms. The summed E-state index contributed by atoms with van der Waals surface area (Å²) in [6, 6.07) is 13.3. The zero-order valence-corrected chi connectivity index (χ0v) is 16.9. The summed E-state index contributed by atoms with van der Waals surface area (Å²) in [5.74, 6) is -0.0427. The lowest BCUT2D eigenvalue weighted by atomic mass is 10.2. The monoisotopic (exact) mass is 449 g/mol. The summed E-state index contributed by atoms with van der Waals surface area (Å²) < 4.78 is 2.41. The number of benzene rings is 1. The fourth-order valence-corrected chi connectivity index (χ4v) is 3.99. The molecule has 0 bridgehead atoms. The first-order valence-electron chi connectivity index (χ1n) is 9.14. The van der Waals surface area contributed by atoms with E-state index in [-0.39, 0.29) is 24.4 Å². The molecule has 1 N–H and O–H groups in total. The van der Waals surface area contributed by atoms with Crippen molar-refractivity contribution < 1.29 is 4.79 Å². The fourth-order valence-electron chi connectivity index (χ4n) is 3.59. The maximum atomic E-state index is 13.0. The van der Waals surface area contributed by atoms with E-state index in [4.69, 9.17) is 0 Å². The van der Waals surface area contributed by atoms with Gasteiger partial charge in [-0.1, -0.05) is 34.1 Å². The normalized spacial score (nSPS) is 13.1. The number of halogens is 1. The summed E-state index contributed by atoms with van der Waals surface area (Å²) in [5.41, 5.74) is 4.22. The maximum absolute atomic E-state index is 13.0. The summed E-state index contributed by atoms with van der Waals surface area (Å²) in [4.78, 5) is 36.0. The molecule has 1 aromatic carbocycles. The Hall–Kier alpha value is -3.26. The van der Waals surface area contributed by atoms with Crippen LogP contribution in [-0.4, -0.2) is 30.4 Å². The number of hydrogen-bond acceptors (Lipinski definition) is 4. The molecular weight excluding hydrogens is 434 g/mol. The Bertz CT molecular complexity index is 1300. The van der Waals surface area contributed by atoms with Crippen LogP contribution in [0.15, 0.2) is 64.1 Å². The Kier molecular flexibility index (Phi) is 4.28. The highest BCUT2D eigenvalue weighted by Crippen LogP contribution is 2.24. The standard InChI is InChI=1S/C21H16BrN5O2/c22-15-5-1-4-14(8-15)17-9-19-24-18-12-26(11-16(18)21(29)27(19)25-17)20(28)7-13-3-2-6-23-10-13/h1-6,8-10,25H,7,11-12H2. The van der Waals surface area contributed by atoms with Crippen molar-refractivity contribution in [3.05, 3.63) is 86.5 Å². The van der Waals surface area contributed by atoms with Gasteiger partial charge in [-0.2, -0.15) is 0 Å². The molecule has 7 nitrogen and oxygen atoms in total. The Morgan fingerprint density at radius 1 is 1.17 bits per heavy atom. The fraction of sp³-hybridized carbons (Fsp3) is 0.143. The molecule has 0 unspecified atom stereocenters. The predicted octanol–water partition coefficient (Wildman–Crippen LogP) is 2.93. The van der Waals surface area contributed by atoms with Crippen LogP contribution < -0.4 is 5.56 Å². The van der Waals surface area contributed by atoms with Crippen molar-refractivity contribution >= 4 is 27.5 Å². The molecule has 0 fully saturated rings. The highest BCUT2D eigenvalue weighted by Gasteiger charge is 2.28. The summed E-state index contributed by atoms with van der Waals surface area (Å²) in [7, 11) is 0. The van der Waals surface area contributed by atoms with E-state index in [2.05, 4.69) is 31.0 Å². The molecule has 0 saturated carbocycles. The molecule has 5 rings (SSSR count). The second-order valence-corrected chi connectivity index (χ2v) is 7.92. The number of pyridine rings is 1. The number of H-pyrrole nitrogens is 1. The number of carbonyl (C=O) groups is 1. The van der Waals surface area contributed by atoms with Crippen molar-refractivity contribution in [1.29, 1.82) is 0 Å². The number of hydrogen-bond donors (Lipinski definition) is 1. The number of carbonyl (C=O) groups excluding carboxylic acids is 1. The van der Waals surface area contributed by atoms with E-state index in [0.717, 1.165) is 21.3 Å². The minimum atomic E-state index is -0.164. The molecule has 144 valence electrons. The maximum Gasteiger partial charge on any atom is 0.278 e. The molecular formula is C21H16BrN5O2. The van der Waals surface area contributed by atoms with E-state index in [1.165, 1.54) is 4.52 Å². The van der Waals surface area contributed by atoms with Crippen LogP contribution in [0.4, 0.5) is 0 Å². The minimum Gasteiger partial charge on any atom is -0.332 e. The van der Waals surface area contributed by atoms with Gasteiger partial charge in [-0.15, -0.1) is 0 Å². The van der Waals surface area contributed by atoms with Crippen LogP contribution in [0.1, 0.15) is 16.8 Å². The minimum absolute atomic E-state index is 0.0427. The molecule has 0 radical (unpaired) electrons. The third kappa shape index (κ3) is 3.25. The van der Waals surface area contributed by atoms with Crippen molar-refractivity contribution in [2.75, 3.05) is 0 Å². The van der Waals surface area contributed by atoms with Gasteiger partial charge in [0.05, 0.1) is 36.5 Å². The molecule has 1 amide bonds. The van der Waals surface area contributed by atoms with E-state index < -0.39 is 0 Å². The first-order chi connectivity index (χ1) is 14.1. The summed E-state index contributed by atoms with van der Waals surface area (Å²) in [5, 5.41) is 3.13. The van der Waals surface area contributed by atoms with E-state index in [0.29, 0.717) is 23.4 Å². The van der Waals surface area contributed by atoms with Crippen LogP contribution in [0.25, 0.3) is 16.9 Å². The van der Waals surface area contributed by atoms with Gasteiger partial charge < -0.3 is 4.90 Å². The molecule has 1 aliphatic rings. The lowest BCUT2D eigenvalue weighted by molar-refractivity contribution is -0.131. The van der Waals surface area contributed by atoms with Crippen LogP contribution in [0, 0.1) is 0 Å². The van der Waals surface area contributed by atoms with Gasteiger partial charge in [0.1, 0.15) is 0 Å². The molecule has 4 aromatic rings. The third-order valence-electron chi connectivity index (χ3n) is 5.05. The van der Waals surface area contributed by atoms with E-state index in [1.807, 2.05) is 36.4 Å². The highest BCUT2D eigenvalue weighted by atomic mass is 79.9. The quantitative estimate of drug-likeness (QED) is 0.521. The summed E-state index contributed by atoms with van der Waals surface area (Å²) >= 11 is 3.47. The van der Waals surface area contributed by atoms with Crippen LogP contribution >= 0.6 is 15.9 Å². The molecule has 3 aromatic heterocycles. The van der Waals surface area contributed by atoms with Gasteiger partial charge in [0.15, 0.2) is 5.65 Å². The first-order valence-corrected chi connectivity index (χ1v) is 9.94. The van der Waals surface area contributed by atoms with Gasteiger partial charge in [0, 0.05) is 28.5 Å². The Morgan fingerprint density at radius 2 is 2.07 bits per heavy atom. The lowest BCUT2D eigenvalue weighted by Crippen LogP contribution is -2.28. The number of nitrogens with one attached hydrogen (secondary N) is 1. The van der Waals surface area contributed by atoms with E-state index in [1.54, 1.807) is 23.4 Å². The Balaban J connectivity index is 1.45. The van der Waals surface area contributed by atoms with Crippen molar-refractivity contribution in [3.8, 4) is 11.3 Å². The van der Waals surface area contributed by atoms with Gasteiger partial charge in [-0.25, -0.2) is 9.50 Å². The van der Waals surface area contributed by atoms with Gasteiger partial charge in [-0.3, -0.25) is 19.7 Å². The number of nitrogens with zero attached hydrogens (tertiary/aromatic N) is 4. The Morgan fingerprint density at radius 3 is 2.86 bits per heavy atom. The number of aromatic nitrogens is 4. The van der Waals surface area contributed by atoms with Gasteiger partial charge in [0.25, 0.3) is 5.56 Å². The van der Waals surface area contributed by atoms with Crippen LogP contribution in [0.5, 0.6) is 0 Å². The van der Waals surface area contributed by atoms with Crippen molar-refractivity contribution in [2.24, 2.45) is 0 Å². The first kappa shape index (κ1) is 17.8. The number of rotatable bonds is 3. The topological polar surface area (TPSA) is 83.4 Å². The highest BCUT2D eigenvalue weighted by molar-refractivity contribution is 9.10. The second-order valence-electron chi connectivity index (χ2n) is 7.00. The van der Waals surface area contributed by atoms with Crippen LogP contribution in [0.2, 0.25) is 0 Å². The van der Waals surface area contributed by atoms with Gasteiger partial charge in [-0.05, 0) is 23.8 Å². The third-order valence-corrected chi connectivity index (χ3v) is 5.54. The smallest absolute Gasteiger partial charge is 0.278 e. The van der Waals surface area contributed by atoms with Crippen LogP contribution in [0.3, 0.4) is 0 Å². The van der Waals surface area contributed by atoms with Gasteiger partial charge in [0.2, 0.25) is 5.91 Å². The van der Waals surface area contributed by atoms with Gasteiger partial charge >= 0.3 is 0 Å². The van der Waals surface area contributed by atoms with Crippen molar-refractivity contribution in [3.63, 3.8) is 0 Å². The predicted molar refractivity (Wildman–Crippen MR) is 111 cm³/mol.